The van der Waals surface area contributed by atoms with Crippen LogP contribution in [0, 0.1) is 0 Å². The summed E-state index contributed by atoms with van der Waals surface area (Å²) in [7, 11) is 0. The molecule has 0 bridgehead atoms. The summed E-state index contributed by atoms with van der Waals surface area (Å²) in [5.74, 6) is 1.96. The van der Waals surface area contributed by atoms with Gasteiger partial charge in [0, 0.05) is 33.4 Å². The first kappa shape index (κ1) is 27.0. The highest BCUT2D eigenvalue weighted by molar-refractivity contribution is 7.97. The van der Waals surface area contributed by atoms with Crippen molar-refractivity contribution in [1.82, 2.24) is 4.98 Å². The standard InChI is InChI=1S/C43H29NOS/c1-3-10-28(11-4-1)39-24-33(25-40(44-39)29-12-5-2-6-13-29)30-18-19-32-26-46-27-34-22-31(20-21-35(34)38(32)23-30)36-15-9-17-42-43(36)37-14-7-8-16-41(37)45-42/h1-25H,26-27H2. The van der Waals surface area contributed by atoms with Crippen LogP contribution in [0.2, 0.25) is 0 Å². The first-order valence-corrected chi connectivity index (χ1v) is 16.8. The predicted octanol–water partition coefficient (Wildman–Crippen LogP) is 12.1. The van der Waals surface area contributed by atoms with Crippen LogP contribution in [0.25, 0.3) is 77.8 Å². The smallest absolute Gasteiger partial charge is 0.136 e. The first-order valence-electron chi connectivity index (χ1n) is 15.7. The third-order valence-corrected chi connectivity index (χ3v) is 10.1. The van der Waals surface area contributed by atoms with E-state index in [1.165, 1.54) is 49.9 Å². The molecule has 0 spiro atoms. The SMILES string of the molecule is c1ccc(-c2cc(-c3ccc4c(c3)-c3ccc(-c5cccc6oc7ccccc7c56)cc3CSC4)cc(-c3ccccc3)n2)cc1. The van der Waals surface area contributed by atoms with Crippen LogP contribution in [0.3, 0.4) is 0 Å². The molecule has 0 saturated heterocycles. The van der Waals surface area contributed by atoms with Gasteiger partial charge in [-0.25, -0.2) is 4.98 Å². The van der Waals surface area contributed by atoms with E-state index in [4.69, 9.17) is 9.40 Å². The second kappa shape index (κ2) is 11.2. The summed E-state index contributed by atoms with van der Waals surface area (Å²) < 4.78 is 6.21. The average Bonchev–Trinajstić information content (AvgIpc) is 3.41. The number of thioether (sulfide) groups is 1. The Labute approximate surface area is 272 Å². The molecule has 1 aliphatic heterocycles. The summed E-state index contributed by atoms with van der Waals surface area (Å²) in [5, 5.41) is 2.35. The van der Waals surface area contributed by atoms with Gasteiger partial charge in [0.15, 0.2) is 0 Å². The molecule has 0 radical (unpaired) electrons. The molecule has 0 atom stereocenters. The number of pyridine rings is 1. The highest BCUT2D eigenvalue weighted by Crippen LogP contribution is 2.43. The largest absolute Gasteiger partial charge is 0.456 e. The van der Waals surface area contributed by atoms with Crippen molar-refractivity contribution in [3.63, 3.8) is 0 Å². The van der Waals surface area contributed by atoms with Crippen LogP contribution in [-0.4, -0.2) is 4.98 Å². The van der Waals surface area contributed by atoms with E-state index in [2.05, 4.69) is 146 Å². The van der Waals surface area contributed by atoms with Crippen LogP contribution >= 0.6 is 11.8 Å². The van der Waals surface area contributed by atoms with E-state index >= 15 is 0 Å². The molecule has 2 nitrogen and oxygen atoms in total. The first-order chi connectivity index (χ1) is 22.8. The van der Waals surface area contributed by atoms with Crippen LogP contribution in [0.15, 0.2) is 156 Å². The molecule has 0 saturated carbocycles. The van der Waals surface area contributed by atoms with Crippen LogP contribution in [0.1, 0.15) is 11.1 Å². The third kappa shape index (κ3) is 4.72. The van der Waals surface area contributed by atoms with Gasteiger partial charge in [0.25, 0.3) is 0 Å². The number of aromatic nitrogens is 1. The molecular weight excluding hydrogens is 579 g/mol. The van der Waals surface area contributed by atoms with Gasteiger partial charge in [0.1, 0.15) is 11.2 Å². The van der Waals surface area contributed by atoms with E-state index in [9.17, 15) is 0 Å². The van der Waals surface area contributed by atoms with E-state index in [0.29, 0.717) is 0 Å². The molecule has 0 unspecified atom stereocenters. The lowest BCUT2D eigenvalue weighted by Crippen LogP contribution is -1.93. The molecule has 9 rings (SSSR count). The Morgan fingerprint density at radius 1 is 0.435 bits per heavy atom. The van der Waals surface area contributed by atoms with Crippen LogP contribution < -0.4 is 0 Å². The zero-order valence-electron chi connectivity index (χ0n) is 25.1. The van der Waals surface area contributed by atoms with Crippen molar-refractivity contribution < 1.29 is 4.42 Å². The summed E-state index contributed by atoms with van der Waals surface area (Å²) in [6, 6.07) is 54.1. The second-order valence-corrected chi connectivity index (χ2v) is 12.9. The Kier molecular flexibility index (Phi) is 6.57. The minimum absolute atomic E-state index is 0.929. The lowest BCUT2D eigenvalue weighted by Gasteiger charge is -2.15. The third-order valence-electron chi connectivity index (χ3n) is 9.03. The van der Waals surface area contributed by atoms with E-state index in [-0.39, 0.29) is 0 Å². The maximum Gasteiger partial charge on any atom is 0.136 e. The number of para-hydroxylation sites is 1. The topological polar surface area (TPSA) is 26.0 Å². The summed E-state index contributed by atoms with van der Waals surface area (Å²) in [4.78, 5) is 5.10. The number of nitrogens with zero attached hydrogens (tertiary/aromatic N) is 1. The Hall–Kier alpha value is -5.38. The average molecular weight is 608 g/mol. The number of fused-ring (bicyclic) bond motifs is 6. The van der Waals surface area contributed by atoms with Crippen molar-refractivity contribution in [3.8, 4) is 55.9 Å². The number of furan rings is 1. The molecule has 2 aromatic heterocycles. The van der Waals surface area contributed by atoms with Gasteiger partial charge in [-0.1, -0.05) is 115 Å². The van der Waals surface area contributed by atoms with Gasteiger partial charge in [0.2, 0.25) is 0 Å². The molecule has 218 valence electrons. The molecule has 1 aliphatic rings. The molecule has 0 N–H and O–H groups in total. The molecule has 8 aromatic rings. The van der Waals surface area contributed by atoms with Crippen molar-refractivity contribution in [3.05, 3.63) is 163 Å². The number of hydrogen-bond donors (Lipinski definition) is 0. The summed E-state index contributed by atoms with van der Waals surface area (Å²) in [6.45, 7) is 0. The molecule has 0 aliphatic carbocycles. The van der Waals surface area contributed by atoms with Crippen molar-refractivity contribution >= 4 is 33.7 Å². The zero-order chi connectivity index (χ0) is 30.5. The van der Waals surface area contributed by atoms with E-state index in [0.717, 1.165) is 50.6 Å². The fourth-order valence-corrected chi connectivity index (χ4v) is 7.81. The van der Waals surface area contributed by atoms with Gasteiger partial charge in [-0.05, 0) is 80.9 Å². The highest BCUT2D eigenvalue weighted by atomic mass is 32.2. The summed E-state index contributed by atoms with van der Waals surface area (Å²) in [5.41, 5.74) is 16.2. The van der Waals surface area contributed by atoms with Crippen molar-refractivity contribution in [2.24, 2.45) is 0 Å². The molecular formula is C43H29NOS. The van der Waals surface area contributed by atoms with Gasteiger partial charge < -0.3 is 4.42 Å². The van der Waals surface area contributed by atoms with Gasteiger partial charge in [0.05, 0.1) is 11.4 Å². The van der Waals surface area contributed by atoms with Gasteiger partial charge in [-0.3, -0.25) is 0 Å². The normalized spacial score (nSPS) is 12.5. The number of benzene rings is 6. The molecule has 3 heterocycles. The fraction of sp³-hybridized carbons (Fsp3) is 0.0465. The minimum Gasteiger partial charge on any atom is -0.456 e. The predicted molar refractivity (Wildman–Crippen MR) is 194 cm³/mol. The number of hydrogen-bond acceptors (Lipinski definition) is 3. The molecule has 46 heavy (non-hydrogen) atoms. The van der Waals surface area contributed by atoms with Crippen molar-refractivity contribution in [2.75, 3.05) is 0 Å². The van der Waals surface area contributed by atoms with E-state index in [1.54, 1.807) is 0 Å². The monoisotopic (exact) mass is 607 g/mol. The zero-order valence-corrected chi connectivity index (χ0v) is 25.9. The number of rotatable bonds is 4. The highest BCUT2D eigenvalue weighted by Gasteiger charge is 2.19. The van der Waals surface area contributed by atoms with Gasteiger partial charge >= 0.3 is 0 Å². The Morgan fingerprint density at radius 3 is 1.89 bits per heavy atom. The molecule has 3 heteroatoms. The van der Waals surface area contributed by atoms with Crippen molar-refractivity contribution in [2.45, 2.75) is 11.5 Å². The minimum atomic E-state index is 0.929. The van der Waals surface area contributed by atoms with Crippen LogP contribution in [-0.2, 0) is 11.5 Å². The Bertz CT molecular complexity index is 2330. The second-order valence-electron chi connectivity index (χ2n) is 11.9. The lowest BCUT2D eigenvalue weighted by atomic mass is 9.90. The summed E-state index contributed by atoms with van der Waals surface area (Å²) >= 11 is 1.99. The van der Waals surface area contributed by atoms with Gasteiger partial charge in [-0.15, -0.1) is 0 Å². The molecule has 6 aromatic carbocycles. The molecule has 0 amide bonds. The maximum absolute atomic E-state index is 6.21. The lowest BCUT2D eigenvalue weighted by molar-refractivity contribution is 0.669. The van der Waals surface area contributed by atoms with Crippen LogP contribution in [0.4, 0.5) is 0 Å². The summed E-state index contributed by atoms with van der Waals surface area (Å²) in [6.07, 6.45) is 0. The maximum atomic E-state index is 6.21. The van der Waals surface area contributed by atoms with Crippen molar-refractivity contribution in [1.29, 1.82) is 0 Å². The fourth-order valence-electron chi connectivity index (χ4n) is 6.77. The Morgan fingerprint density at radius 2 is 1.11 bits per heavy atom. The van der Waals surface area contributed by atoms with Crippen LogP contribution in [0.5, 0.6) is 0 Å². The quantitative estimate of drug-likeness (QED) is 0.199. The van der Waals surface area contributed by atoms with E-state index < -0.39 is 0 Å². The van der Waals surface area contributed by atoms with E-state index in [1.807, 2.05) is 17.8 Å². The molecule has 0 fully saturated rings. The van der Waals surface area contributed by atoms with Gasteiger partial charge in [-0.2, -0.15) is 11.8 Å². The Balaban J connectivity index is 1.17.